The fraction of sp³-hybridized carbons (Fsp3) is 0.650. The molecule has 28 heavy (non-hydrogen) atoms. The maximum atomic E-state index is 5.71. The highest BCUT2D eigenvalue weighted by Crippen LogP contribution is 2.36. The van der Waals surface area contributed by atoms with E-state index in [0.717, 1.165) is 30.2 Å². The molecule has 2 aromatic heterocycles. The quantitative estimate of drug-likeness (QED) is 0.727. The molecule has 0 bridgehead atoms. The summed E-state index contributed by atoms with van der Waals surface area (Å²) in [5, 5.41) is 7.50. The van der Waals surface area contributed by atoms with Crippen LogP contribution in [0.3, 0.4) is 0 Å². The molecule has 2 aromatic rings. The molecule has 0 spiro atoms. The van der Waals surface area contributed by atoms with Crippen molar-refractivity contribution < 1.29 is 9.26 Å². The van der Waals surface area contributed by atoms with Crippen LogP contribution in [0.4, 0.5) is 5.82 Å². The molecule has 2 fully saturated rings. The average Bonchev–Trinajstić information content (AvgIpc) is 3.38. The van der Waals surface area contributed by atoms with Crippen LogP contribution < -0.4 is 5.32 Å². The van der Waals surface area contributed by atoms with Crippen LogP contribution >= 0.6 is 0 Å². The lowest BCUT2D eigenvalue weighted by atomic mass is 10.0. The van der Waals surface area contributed by atoms with Crippen molar-refractivity contribution in [3.8, 4) is 11.4 Å². The number of anilines is 1. The summed E-state index contributed by atoms with van der Waals surface area (Å²) in [6, 6.07) is 4.74. The van der Waals surface area contributed by atoms with E-state index in [1.165, 1.54) is 32.4 Å². The van der Waals surface area contributed by atoms with Crippen molar-refractivity contribution in [1.29, 1.82) is 0 Å². The molecule has 4 heterocycles. The summed E-state index contributed by atoms with van der Waals surface area (Å²) in [5.41, 5.74) is 0.911. The van der Waals surface area contributed by atoms with Crippen molar-refractivity contribution in [2.45, 2.75) is 37.8 Å². The van der Waals surface area contributed by atoms with Crippen LogP contribution in [0.5, 0.6) is 0 Å². The number of likely N-dealkylation sites (tertiary alicyclic amines) is 2. The number of nitrogens with zero attached hydrogens (tertiary/aromatic N) is 5. The zero-order valence-corrected chi connectivity index (χ0v) is 16.8. The minimum absolute atomic E-state index is 0.246. The number of methoxy groups -OCH3 is 1. The van der Waals surface area contributed by atoms with Gasteiger partial charge in [-0.2, -0.15) is 4.98 Å². The third-order valence-corrected chi connectivity index (χ3v) is 5.81. The Bertz CT molecular complexity index is 759. The Hall–Kier alpha value is -2.03. The van der Waals surface area contributed by atoms with Gasteiger partial charge in [0.15, 0.2) is 0 Å². The van der Waals surface area contributed by atoms with E-state index in [4.69, 9.17) is 14.2 Å². The van der Waals surface area contributed by atoms with Gasteiger partial charge in [0.05, 0.1) is 12.6 Å². The Labute approximate surface area is 166 Å². The highest BCUT2D eigenvalue weighted by molar-refractivity contribution is 5.58. The van der Waals surface area contributed by atoms with Crippen molar-refractivity contribution >= 4 is 5.82 Å². The minimum Gasteiger partial charge on any atom is -0.383 e. The average molecular weight is 387 g/mol. The van der Waals surface area contributed by atoms with E-state index in [2.05, 4.69) is 32.3 Å². The second kappa shape index (κ2) is 8.98. The van der Waals surface area contributed by atoms with E-state index in [1.54, 1.807) is 13.3 Å². The third kappa shape index (κ3) is 4.34. The van der Waals surface area contributed by atoms with Gasteiger partial charge in [0.2, 0.25) is 11.7 Å². The standard InChI is InChI=1S/C20H30N6O2/c1-25-11-6-16(7-12-25)26-10-3-4-17(26)20-23-19(24-28-20)15-5-8-21-18(14-15)22-9-13-27-2/h5,8,14,16-17H,3-4,6-7,9-13H2,1-2H3,(H,21,22). The highest BCUT2D eigenvalue weighted by Gasteiger charge is 2.36. The maximum absolute atomic E-state index is 5.71. The van der Waals surface area contributed by atoms with Crippen molar-refractivity contribution in [3.05, 3.63) is 24.2 Å². The molecular weight excluding hydrogens is 356 g/mol. The normalized spacial score (nSPS) is 22.0. The SMILES string of the molecule is COCCNc1cc(-c2noc(C3CCCN3C3CCN(C)CC3)n2)ccn1. The molecule has 0 radical (unpaired) electrons. The Balaban J connectivity index is 1.46. The van der Waals surface area contributed by atoms with Crippen LogP contribution in [0, 0.1) is 0 Å². The van der Waals surface area contributed by atoms with E-state index in [1.807, 2.05) is 12.1 Å². The molecule has 8 nitrogen and oxygen atoms in total. The first-order valence-electron chi connectivity index (χ1n) is 10.2. The molecule has 0 aliphatic carbocycles. The zero-order chi connectivity index (χ0) is 19.3. The van der Waals surface area contributed by atoms with E-state index < -0.39 is 0 Å². The lowest BCUT2D eigenvalue weighted by Gasteiger charge is -2.37. The van der Waals surface area contributed by atoms with Crippen LogP contribution in [0.15, 0.2) is 22.9 Å². The molecule has 0 aromatic carbocycles. The largest absolute Gasteiger partial charge is 0.383 e. The predicted molar refractivity (Wildman–Crippen MR) is 107 cm³/mol. The lowest BCUT2D eigenvalue weighted by Crippen LogP contribution is -2.43. The topological polar surface area (TPSA) is 79.5 Å². The molecule has 152 valence electrons. The molecule has 1 atom stereocenters. The van der Waals surface area contributed by atoms with Crippen molar-refractivity contribution in [3.63, 3.8) is 0 Å². The Morgan fingerprint density at radius 2 is 2.11 bits per heavy atom. The molecule has 2 aliphatic heterocycles. The van der Waals surface area contributed by atoms with Crippen molar-refractivity contribution in [2.75, 3.05) is 52.3 Å². The first-order chi connectivity index (χ1) is 13.7. The van der Waals surface area contributed by atoms with Crippen molar-refractivity contribution in [1.82, 2.24) is 24.9 Å². The summed E-state index contributed by atoms with van der Waals surface area (Å²) in [6.45, 7) is 4.79. The van der Waals surface area contributed by atoms with Gasteiger partial charge in [0.1, 0.15) is 5.82 Å². The predicted octanol–water partition coefficient (Wildman–Crippen LogP) is 2.42. The maximum Gasteiger partial charge on any atom is 0.244 e. The monoisotopic (exact) mass is 386 g/mol. The molecule has 1 N–H and O–H groups in total. The molecule has 2 saturated heterocycles. The fourth-order valence-electron chi connectivity index (χ4n) is 4.25. The lowest BCUT2D eigenvalue weighted by molar-refractivity contribution is 0.0958. The van der Waals surface area contributed by atoms with Gasteiger partial charge in [0, 0.05) is 31.5 Å². The summed E-state index contributed by atoms with van der Waals surface area (Å²) in [5.74, 6) is 2.16. The Kier molecular flexibility index (Phi) is 6.19. The molecular formula is C20H30N6O2. The smallest absolute Gasteiger partial charge is 0.244 e. The summed E-state index contributed by atoms with van der Waals surface area (Å²) in [4.78, 5) is 14.1. The molecule has 2 aliphatic rings. The van der Waals surface area contributed by atoms with Crippen LogP contribution in [0.1, 0.15) is 37.6 Å². The van der Waals surface area contributed by atoms with Gasteiger partial charge in [0.25, 0.3) is 0 Å². The molecule has 1 unspecified atom stereocenters. The summed E-state index contributed by atoms with van der Waals surface area (Å²) < 4.78 is 10.8. The van der Waals surface area contributed by atoms with E-state index in [9.17, 15) is 0 Å². The number of nitrogens with one attached hydrogen (secondary N) is 1. The summed E-state index contributed by atoms with van der Waals surface area (Å²) in [6.07, 6.45) is 6.48. The van der Waals surface area contributed by atoms with Gasteiger partial charge in [-0.05, 0) is 64.5 Å². The van der Waals surface area contributed by atoms with Crippen LogP contribution in [0.25, 0.3) is 11.4 Å². The number of rotatable bonds is 7. The number of aromatic nitrogens is 3. The van der Waals surface area contributed by atoms with Gasteiger partial charge in [-0.15, -0.1) is 0 Å². The summed E-state index contributed by atoms with van der Waals surface area (Å²) >= 11 is 0. The number of pyridine rings is 1. The number of piperidine rings is 1. The van der Waals surface area contributed by atoms with E-state index in [0.29, 0.717) is 25.0 Å². The highest BCUT2D eigenvalue weighted by atomic mass is 16.5. The second-order valence-electron chi connectivity index (χ2n) is 7.74. The molecule has 0 amide bonds. The van der Waals surface area contributed by atoms with Gasteiger partial charge in [-0.25, -0.2) is 4.98 Å². The number of hydrogen-bond acceptors (Lipinski definition) is 8. The molecule has 0 saturated carbocycles. The molecule has 8 heteroatoms. The Morgan fingerprint density at radius 3 is 2.93 bits per heavy atom. The van der Waals surface area contributed by atoms with E-state index >= 15 is 0 Å². The first-order valence-corrected chi connectivity index (χ1v) is 10.2. The third-order valence-electron chi connectivity index (χ3n) is 5.81. The summed E-state index contributed by atoms with van der Waals surface area (Å²) in [7, 11) is 3.89. The fourth-order valence-corrected chi connectivity index (χ4v) is 4.25. The van der Waals surface area contributed by atoms with Crippen LogP contribution in [-0.2, 0) is 4.74 Å². The van der Waals surface area contributed by atoms with Gasteiger partial charge in [-0.3, -0.25) is 4.90 Å². The number of ether oxygens (including phenoxy) is 1. The Morgan fingerprint density at radius 1 is 1.25 bits per heavy atom. The van der Waals surface area contributed by atoms with Crippen molar-refractivity contribution in [2.24, 2.45) is 0 Å². The van der Waals surface area contributed by atoms with Gasteiger partial charge in [-0.1, -0.05) is 5.16 Å². The van der Waals surface area contributed by atoms with Gasteiger partial charge < -0.3 is 19.5 Å². The zero-order valence-electron chi connectivity index (χ0n) is 16.8. The van der Waals surface area contributed by atoms with Crippen LogP contribution in [-0.4, -0.2) is 77.9 Å². The molecule has 4 rings (SSSR count). The number of hydrogen-bond donors (Lipinski definition) is 1. The minimum atomic E-state index is 0.246. The van der Waals surface area contributed by atoms with Gasteiger partial charge >= 0.3 is 0 Å². The van der Waals surface area contributed by atoms with E-state index in [-0.39, 0.29) is 6.04 Å². The first kappa shape index (κ1) is 19.3. The van der Waals surface area contributed by atoms with Crippen LogP contribution in [0.2, 0.25) is 0 Å². The second-order valence-corrected chi connectivity index (χ2v) is 7.74.